The van der Waals surface area contributed by atoms with E-state index in [0.717, 1.165) is 19.6 Å². The van der Waals surface area contributed by atoms with Gasteiger partial charge in [-0.05, 0) is 23.3 Å². The summed E-state index contributed by atoms with van der Waals surface area (Å²) >= 11 is 0. The summed E-state index contributed by atoms with van der Waals surface area (Å²) in [6.07, 6.45) is 0. The van der Waals surface area contributed by atoms with Crippen LogP contribution in [-0.2, 0) is 13.1 Å². The first-order valence-corrected chi connectivity index (χ1v) is 7.11. The second-order valence-corrected chi connectivity index (χ2v) is 5.36. The van der Waals surface area contributed by atoms with Crippen molar-refractivity contribution in [3.05, 3.63) is 59.7 Å². The number of rotatable bonds is 3. The van der Waals surface area contributed by atoms with Gasteiger partial charge in [-0.3, -0.25) is 0 Å². The van der Waals surface area contributed by atoms with Crippen LogP contribution in [0.3, 0.4) is 0 Å². The van der Waals surface area contributed by atoms with E-state index >= 15 is 0 Å². The van der Waals surface area contributed by atoms with Gasteiger partial charge in [0.15, 0.2) is 0 Å². The van der Waals surface area contributed by atoms with Crippen molar-refractivity contribution < 1.29 is 0 Å². The molecule has 0 aliphatic carbocycles. The Bertz CT molecular complexity index is 594. The summed E-state index contributed by atoms with van der Waals surface area (Å²) in [5.74, 6) is 0. The standard InChI is InChI=1S/C17H21N3/c1-19-9-10-20(17-8-3-2-7-16(17)19)13-15-6-4-5-14(11-15)12-18/h2-8,11H,9-10,12-13,18H2,1H3. The molecule has 0 fully saturated rings. The van der Waals surface area contributed by atoms with E-state index in [1.807, 2.05) is 0 Å². The largest absolute Gasteiger partial charge is 0.371 e. The molecule has 3 rings (SSSR count). The molecule has 0 amide bonds. The number of nitrogens with two attached hydrogens (primary N) is 1. The van der Waals surface area contributed by atoms with Crippen LogP contribution >= 0.6 is 0 Å². The van der Waals surface area contributed by atoms with E-state index in [-0.39, 0.29) is 0 Å². The number of para-hydroxylation sites is 2. The number of nitrogens with zero attached hydrogens (tertiary/aromatic N) is 2. The lowest BCUT2D eigenvalue weighted by Crippen LogP contribution is -2.38. The molecule has 0 atom stereocenters. The Kier molecular flexibility index (Phi) is 3.61. The molecule has 3 heteroatoms. The molecule has 0 saturated carbocycles. The van der Waals surface area contributed by atoms with Crippen molar-refractivity contribution >= 4 is 11.4 Å². The fourth-order valence-electron chi connectivity index (χ4n) is 2.81. The first-order valence-electron chi connectivity index (χ1n) is 7.11. The van der Waals surface area contributed by atoms with E-state index in [1.165, 1.54) is 22.5 Å². The van der Waals surface area contributed by atoms with Gasteiger partial charge < -0.3 is 15.5 Å². The molecule has 0 unspecified atom stereocenters. The van der Waals surface area contributed by atoms with Gasteiger partial charge in [-0.15, -0.1) is 0 Å². The SMILES string of the molecule is CN1CCN(Cc2cccc(CN)c2)c2ccccc21. The molecule has 2 aromatic carbocycles. The molecule has 2 N–H and O–H groups in total. The zero-order chi connectivity index (χ0) is 13.9. The fraction of sp³-hybridized carbons (Fsp3) is 0.294. The van der Waals surface area contributed by atoms with E-state index in [4.69, 9.17) is 5.73 Å². The summed E-state index contributed by atoms with van der Waals surface area (Å²) in [6, 6.07) is 17.2. The van der Waals surface area contributed by atoms with Gasteiger partial charge in [0, 0.05) is 33.2 Å². The lowest BCUT2D eigenvalue weighted by molar-refractivity contribution is 0.734. The van der Waals surface area contributed by atoms with Crippen LogP contribution in [0.5, 0.6) is 0 Å². The van der Waals surface area contributed by atoms with Crippen molar-refractivity contribution in [2.24, 2.45) is 5.73 Å². The van der Waals surface area contributed by atoms with Gasteiger partial charge in [0.1, 0.15) is 0 Å². The van der Waals surface area contributed by atoms with Gasteiger partial charge in [0.2, 0.25) is 0 Å². The number of fused-ring (bicyclic) bond motifs is 1. The molecular formula is C17H21N3. The van der Waals surface area contributed by atoms with Gasteiger partial charge in [0.25, 0.3) is 0 Å². The molecule has 0 bridgehead atoms. The number of anilines is 2. The summed E-state index contributed by atoms with van der Waals surface area (Å²) < 4.78 is 0. The Labute approximate surface area is 120 Å². The summed E-state index contributed by atoms with van der Waals surface area (Å²) in [5, 5.41) is 0. The summed E-state index contributed by atoms with van der Waals surface area (Å²) in [4.78, 5) is 4.77. The van der Waals surface area contributed by atoms with Gasteiger partial charge in [-0.2, -0.15) is 0 Å². The highest BCUT2D eigenvalue weighted by Crippen LogP contribution is 2.32. The minimum absolute atomic E-state index is 0.604. The van der Waals surface area contributed by atoms with Crippen molar-refractivity contribution in [2.75, 3.05) is 29.9 Å². The average Bonchev–Trinajstić information content (AvgIpc) is 2.51. The fourth-order valence-corrected chi connectivity index (χ4v) is 2.81. The third-order valence-corrected chi connectivity index (χ3v) is 3.94. The van der Waals surface area contributed by atoms with E-state index in [0.29, 0.717) is 6.54 Å². The smallest absolute Gasteiger partial charge is 0.0607 e. The van der Waals surface area contributed by atoms with E-state index in [2.05, 4.69) is 65.4 Å². The quantitative estimate of drug-likeness (QED) is 0.928. The van der Waals surface area contributed by atoms with E-state index in [1.54, 1.807) is 0 Å². The first kappa shape index (κ1) is 13.0. The lowest BCUT2D eigenvalue weighted by atomic mass is 10.1. The number of hydrogen-bond donors (Lipinski definition) is 1. The molecular weight excluding hydrogens is 246 g/mol. The molecule has 1 heterocycles. The normalized spacial score (nSPS) is 14.3. The van der Waals surface area contributed by atoms with Crippen LogP contribution in [-0.4, -0.2) is 20.1 Å². The maximum atomic E-state index is 5.73. The molecule has 1 aliphatic heterocycles. The monoisotopic (exact) mass is 267 g/mol. The molecule has 20 heavy (non-hydrogen) atoms. The second kappa shape index (κ2) is 5.55. The zero-order valence-corrected chi connectivity index (χ0v) is 11.9. The van der Waals surface area contributed by atoms with Gasteiger partial charge in [-0.1, -0.05) is 36.4 Å². The van der Waals surface area contributed by atoms with Gasteiger partial charge in [-0.25, -0.2) is 0 Å². The van der Waals surface area contributed by atoms with Crippen molar-refractivity contribution in [2.45, 2.75) is 13.1 Å². The van der Waals surface area contributed by atoms with Crippen LogP contribution in [0.25, 0.3) is 0 Å². The van der Waals surface area contributed by atoms with Crippen molar-refractivity contribution in [1.29, 1.82) is 0 Å². The lowest BCUT2D eigenvalue weighted by Gasteiger charge is -2.37. The van der Waals surface area contributed by atoms with Crippen LogP contribution in [0.1, 0.15) is 11.1 Å². The molecule has 2 aromatic rings. The number of likely N-dealkylation sites (N-methyl/N-ethyl adjacent to an activating group) is 1. The van der Waals surface area contributed by atoms with Crippen molar-refractivity contribution in [3.63, 3.8) is 0 Å². The summed E-state index contributed by atoms with van der Waals surface area (Å²) in [7, 11) is 2.16. The Morgan fingerprint density at radius 2 is 1.70 bits per heavy atom. The summed E-state index contributed by atoms with van der Waals surface area (Å²) in [6.45, 7) is 3.67. The van der Waals surface area contributed by atoms with E-state index < -0.39 is 0 Å². The van der Waals surface area contributed by atoms with Crippen molar-refractivity contribution in [3.8, 4) is 0 Å². The highest BCUT2D eigenvalue weighted by atomic mass is 15.2. The molecule has 3 nitrogen and oxygen atoms in total. The Morgan fingerprint density at radius 1 is 0.950 bits per heavy atom. The molecule has 0 spiro atoms. The Hall–Kier alpha value is -2.00. The third kappa shape index (κ3) is 2.49. The maximum Gasteiger partial charge on any atom is 0.0607 e. The van der Waals surface area contributed by atoms with Crippen LogP contribution in [0.2, 0.25) is 0 Å². The van der Waals surface area contributed by atoms with Gasteiger partial charge >= 0.3 is 0 Å². The van der Waals surface area contributed by atoms with Crippen LogP contribution < -0.4 is 15.5 Å². The predicted octanol–water partition coefficient (Wildman–Crippen LogP) is 2.60. The topological polar surface area (TPSA) is 32.5 Å². The minimum Gasteiger partial charge on any atom is -0.371 e. The second-order valence-electron chi connectivity index (χ2n) is 5.36. The van der Waals surface area contributed by atoms with Gasteiger partial charge in [0.05, 0.1) is 11.4 Å². The highest BCUT2D eigenvalue weighted by Gasteiger charge is 2.19. The molecule has 0 saturated heterocycles. The van der Waals surface area contributed by atoms with E-state index in [9.17, 15) is 0 Å². The van der Waals surface area contributed by atoms with Crippen LogP contribution in [0.4, 0.5) is 11.4 Å². The number of benzene rings is 2. The summed E-state index contributed by atoms with van der Waals surface area (Å²) in [5.41, 5.74) is 10.9. The zero-order valence-electron chi connectivity index (χ0n) is 11.9. The number of hydrogen-bond acceptors (Lipinski definition) is 3. The molecule has 104 valence electrons. The molecule has 0 aromatic heterocycles. The molecule has 1 aliphatic rings. The average molecular weight is 267 g/mol. The first-order chi connectivity index (χ1) is 9.78. The third-order valence-electron chi connectivity index (χ3n) is 3.94. The van der Waals surface area contributed by atoms with Crippen LogP contribution in [0.15, 0.2) is 48.5 Å². The Morgan fingerprint density at radius 3 is 2.50 bits per heavy atom. The minimum atomic E-state index is 0.604. The Balaban J connectivity index is 1.86. The highest BCUT2D eigenvalue weighted by molar-refractivity contribution is 5.73. The van der Waals surface area contributed by atoms with Crippen LogP contribution in [0, 0.1) is 0 Å². The van der Waals surface area contributed by atoms with Crippen molar-refractivity contribution in [1.82, 2.24) is 0 Å². The predicted molar refractivity (Wildman–Crippen MR) is 85.1 cm³/mol. The molecule has 0 radical (unpaired) electrons. The maximum absolute atomic E-state index is 5.73.